The van der Waals surface area contributed by atoms with Gasteiger partial charge in [-0.2, -0.15) is 0 Å². The van der Waals surface area contributed by atoms with Crippen molar-refractivity contribution < 1.29 is 0 Å². The molecule has 0 N–H and O–H groups in total. The average Bonchev–Trinajstić information content (AvgIpc) is 2.99. The van der Waals surface area contributed by atoms with Crippen molar-refractivity contribution in [2.24, 2.45) is 0 Å². The summed E-state index contributed by atoms with van der Waals surface area (Å²) in [7, 11) is 0. The molecule has 0 unspecified atom stereocenters. The van der Waals surface area contributed by atoms with Crippen LogP contribution in [0.2, 0.25) is 0 Å². The summed E-state index contributed by atoms with van der Waals surface area (Å²) in [5.74, 6) is 0. The number of hydrogen-bond acceptors (Lipinski definition) is 2. The second kappa shape index (κ2) is 14.9. The summed E-state index contributed by atoms with van der Waals surface area (Å²) in [6, 6.07) is 43.5. The zero-order valence-corrected chi connectivity index (χ0v) is 22.7. The molecule has 0 aliphatic carbocycles. The van der Waals surface area contributed by atoms with Crippen molar-refractivity contribution in [2.45, 2.75) is 25.9 Å². The van der Waals surface area contributed by atoms with Crippen LogP contribution in [-0.4, -0.2) is 36.0 Å². The standard InChI is InChI=1S/C36H40N2/c1-31(35-23-11-5-12-24-35)37(27-15-21-33-17-7-3-8-18-33)29-30-38(32(2)36-25-13-6-14-26-36)28-16-22-34-19-9-4-10-20-34/h3-26,31-32H,27-30H2,1-2H3/b21-15+,22-16+/t31-,32-/m0/s1. The van der Waals surface area contributed by atoms with Gasteiger partial charge in [-0.25, -0.2) is 0 Å². The van der Waals surface area contributed by atoms with E-state index in [1.165, 1.54) is 22.3 Å². The Bertz CT molecular complexity index is 1130. The maximum absolute atomic E-state index is 2.58. The van der Waals surface area contributed by atoms with Gasteiger partial charge in [-0.05, 0) is 36.1 Å². The van der Waals surface area contributed by atoms with Crippen molar-refractivity contribution in [3.05, 3.63) is 156 Å². The quantitative estimate of drug-likeness (QED) is 0.181. The number of rotatable bonds is 13. The molecule has 2 heteroatoms. The molecule has 0 radical (unpaired) electrons. The maximum Gasteiger partial charge on any atom is 0.0323 e. The highest BCUT2D eigenvalue weighted by atomic mass is 15.2. The van der Waals surface area contributed by atoms with E-state index in [1.807, 2.05) is 0 Å². The van der Waals surface area contributed by atoms with E-state index in [-0.39, 0.29) is 0 Å². The van der Waals surface area contributed by atoms with Crippen molar-refractivity contribution >= 4 is 12.2 Å². The van der Waals surface area contributed by atoms with Crippen LogP contribution < -0.4 is 0 Å². The van der Waals surface area contributed by atoms with E-state index in [4.69, 9.17) is 0 Å². The molecule has 0 aromatic heterocycles. The fraction of sp³-hybridized carbons (Fsp3) is 0.222. The minimum absolute atomic E-state index is 0.324. The first-order valence-corrected chi connectivity index (χ1v) is 13.7. The molecule has 4 rings (SSSR count). The van der Waals surface area contributed by atoms with Crippen LogP contribution in [0, 0.1) is 0 Å². The first-order chi connectivity index (χ1) is 18.7. The Morgan fingerprint density at radius 3 is 1.13 bits per heavy atom. The van der Waals surface area contributed by atoms with Crippen LogP contribution in [0.15, 0.2) is 133 Å². The first kappa shape index (κ1) is 27.3. The van der Waals surface area contributed by atoms with E-state index in [0.29, 0.717) is 12.1 Å². The van der Waals surface area contributed by atoms with E-state index in [9.17, 15) is 0 Å². The van der Waals surface area contributed by atoms with Crippen LogP contribution in [0.4, 0.5) is 0 Å². The Kier molecular flexibility index (Phi) is 10.7. The summed E-state index contributed by atoms with van der Waals surface area (Å²) in [5, 5.41) is 0. The van der Waals surface area contributed by atoms with Gasteiger partial charge in [0.25, 0.3) is 0 Å². The van der Waals surface area contributed by atoms with Crippen LogP contribution in [-0.2, 0) is 0 Å². The molecular formula is C36H40N2. The van der Waals surface area contributed by atoms with Crippen LogP contribution >= 0.6 is 0 Å². The van der Waals surface area contributed by atoms with Crippen molar-refractivity contribution in [3.63, 3.8) is 0 Å². The molecule has 194 valence electrons. The molecule has 4 aromatic rings. The summed E-state index contributed by atoms with van der Waals surface area (Å²) in [5.41, 5.74) is 5.19. The van der Waals surface area contributed by atoms with Gasteiger partial charge < -0.3 is 0 Å². The van der Waals surface area contributed by atoms with Gasteiger partial charge in [0, 0.05) is 38.3 Å². The fourth-order valence-corrected chi connectivity index (χ4v) is 4.80. The van der Waals surface area contributed by atoms with Crippen LogP contribution in [0.3, 0.4) is 0 Å². The smallest absolute Gasteiger partial charge is 0.0323 e. The second-order valence-electron chi connectivity index (χ2n) is 9.79. The Balaban J connectivity index is 1.50. The molecule has 0 fully saturated rings. The van der Waals surface area contributed by atoms with Crippen LogP contribution in [0.25, 0.3) is 12.2 Å². The predicted octanol–water partition coefficient (Wildman–Crippen LogP) is 8.54. The van der Waals surface area contributed by atoms with Crippen molar-refractivity contribution in [1.29, 1.82) is 0 Å². The Morgan fingerprint density at radius 2 is 0.789 bits per heavy atom. The Hall–Kier alpha value is -3.72. The van der Waals surface area contributed by atoms with Gasteiger partial charge in [-0.3, -0.25) is 9.80 Å². The van der Waals surface area contributed by atoms with E-state index in [0.717, 1.165) is 26.2 Å². The van der Waals surface area contributed by atoms with Crippen molar-refractivity contribution in [2.75, 3.05) is 26.2 Å². The third-order valence-electron chi connectivity index (χ3n) is 7.23. The fourth-order valence-electron chi connectivity index (χ4n) is 4.80. The zero-order valence-electron chi connectivity index (χ0n) is 22.7. The summed E-state index contributed by atoms with van der Waals surface area (Å²) >= 11 is 0. The van der Waals surface area contributed by atoms with Gasteiger partial charge in [0.15, 0.2) is 0 Å². The van der Waals surface area contributed by atoms with Crippen molar-refractivity contribution in [1.82, 2.24) is 9.80 Å². The summed E-state index contributed by atoms with van der Waals surface area (Å²) in [4.78, 5) is 5.17. The maximum atomic E-state index is 2.58. The van der Waals surface area contributed by atoms with Gasteiger partial charge in [-0.1, -0.05) is 146 Å². The molecule has 38 heavy (non-hydrogen) atoms. The van der Waals surface area contributed by atoms with E-state index in [2.05, 4.69) is 169 Å². The molecule has 0 bridgehead atoms. The third kappa shape index (κ3) is 8.41. The zero-order chi connectivity index (χ0) is 26.4. The highest BCUT2D eigenvalue weighted by Crippen LogP contribution is 2.23. The summed E-state index contributed by atoms with van der Waals surface area (Å²) in [6.07, 6.45) is 9.07. The topological polar surface area (TPSA) is 6.48 Å². The average molecular weight is 501 g/mol. The second-order valence-corrected chi connectivity index (χ2v) is 9.79. The molecule has 0 amide bonds. The lowest BCUT2D eigenvalue weighted by Crippen LogP contribution is -2.38. The molecule has 2 nitrogen and oxygen atoms in total. The highest BCUT2D eigenvalue weighted by molar-refractivity contribution is 5.49. The van der Waals surface area contributed by atoms with Crippen LogP contribution in [0.1, 0.15) is 48.2 Å². The van der Waals surface area contributed by atoms with E-state index >= 15 is 0 Å². The lowest BCUT2D eigenvalue weighted by Gasteiger charge is -2.34. The van der Waals surface area contributed by atoms with Gasteiger partial charge in [0.2, 0.25) is 0 Å². The lowest BCUT2D eigenvalue weighted by molar-refractivity contribution is 0.165. The first-order valence-electron chi connectivity index (χ1n) is 13.7. The van der Waals surface area contributed by atoms with Gasteiger partial charge in [-0.15, -0.1) is 0 Å². The molecule has 2 atom stereocenters. The number of hydrogen-bond donors (Lipinski definition) is 0. The van der Waals surface area contributed by atoms with Crippen LogP contribution in [0.5, 0.6) is 0 Å². The Labute approximate surface area is 229 Å². The normalized spacial score (nSPS) is 13.5. The molecule has 0 aliphatic heterocycles. The molecule has 0 saturated heterocycles. The number of nitrogens with zero attached hydrogens (tertiary/aromatic N) is 2. The van der Waals surface area contributed by atoms with E-state index < -0.39 is 0 Å². The minimum Gasteiger partial charge on any atom is -0.292 e. The summed E-state index contributed by atoms with van der Waals surface area (Å²) < 4.78 is 0. The third-order valence-corrected chi connectivity index (χ3v) is 7.23. The largest absolute Gasteiger partial charge is 0.292 e. The molecule has 0 saturated carbocycles. The predicted molar refractivity (Wildman–Crippen MR) is 164 cm³/mol. The Morgan fingerprint density at radius 1 is 0.474 bits per heavy atom. The SMILES string of the molecule is C[C@@H](c1ccccc1)N(C/C=C/c1ccccc1)CCN(C/C=C/c1ccccc1)[C@@H](C)c1ccccc1. The van der Waals surface area contributed by atoms with Crippen molar-refractivity contribution in [3.8, 4) is 0 Å². The molecule has 4 aromatic carbocycles. The summed E-state index contributed by atoms with van der Waals surface area (Å²) in [6.45, 7) is 8.41. The number of benzene rings is 4. The molecule has 0 aliphatic rings. The molecule has 0 heterocycles. The van der Waals surface area contributed by atoms with Gasteiger partial charge in [0.05, 0.1) is 0 Å². The van der Waals surface area contributed by atoms with Gasteiger partial charge >= 0.3 is 0 Å². The minimum atomic E-state index is 0.324. The highest BCUT2D eigenvalue weighted by Gasteiger charge is 2.19. The molecule has 0 spiro atoms. The van der Waals surface area contributed by atoms with Gasteiger partial charge in [0.1, 0.15) is 0 Å². The van der Waals surface area contributed by atoms with E-state index in [1.54, 1.807) is 0 Å². The lowest BCUT2D eigenvalue weighted by atomic mass is 10.1. The molecular weight excluding hydrogens is 460 g/mol. The monoisotopic (exact) mass is 500 g/mol.